The molecule has 4 rings (SSSR count). The highest BCUT2D eigenvalue weighted by Gasteiger charge is 2.36. The summed E-state index contributed by atoms with van der Waals surface area (Å²) >= 11 is 0. The minimum absolute atomic E-state index is 0.0261. The molecule has 70 heavy (non-hydrogen) atoms. The molecule has 0 aliphatic rings. The molecule has 0 saturated heterocycles. The second-order valence-electron chi connectivity index (χ2n) is 17.0. The van der Waals surface area contributed by atoms with Gasteiger partial charge in [-0.3, -0.25) is 38.4 Å². The summed E-state index contributed by atoms with van der Waals surface area (Å²) in [6.07, 6.45) is -0.437. The molecule has 0 aromatic heterocycles. The van der Waals surface area contributed by atoms with Gasteiger partial charge in [-0.15, -0.1) is 0 Å². The van der Waals surface area contributed by atoms with Gasteiger partial charge >= 0.3 is 23.9 Å². The Morgan fingerprint density at radius 1 is 0.500 bits per heavy atom. The van der Waals surface area contributed by atoms with E-state index in [1.807, 2.05) is 30.3 Å². The molecule has 5 atom stereocenters. The lowest BCUT2D eigenvalue weighted by molar-refractivity contribution is -0.174. The van der Waals surface area contributed by atoms with Gasteiger partial charge < -0.3 is 35.3 Å². The van der Waals surface area contributed by atoms with Gasteiger partial charge in [-0.05, 0) is 74.9 Å². The van der Waals surface area contributed by atoms with Crippen molar-refractivity contribution < 1.29 is 62.1 Å². The fourth-order valence-electron chi connectivity index (χ4n) is 7.74. The van der Waals surface area contributed by atoms with Crippen LogP contribution in [-0.4, -0.2) is 92.2 Å². The number of hydrogen-bond donors (Lipinski definition) is 3. The standard InChI is InChI=1S/C54H63N3O13/c1-37(58)27-49(61)57-48(31-41-23-13-6-14-24-41)54(66)70-35-67-51(63)43(28-38-17-7-3-8-18-38)33-45(60)34-44(59)32-42(25-15-16-26-55)50(62)46(29-39-19-9-4-10-20-39)52(64)68-36-69-53(65)47(56-2)30-40-21-11-5-12-22-40/h3-14,17-24,42-43,46-48,56H,15-16,25-36,55H2,1-2H3,(H,57,61)/t42-,43?,46?,47?,48?/m1/s1. The van der Waals surface area contributed by atoms with E-state index in [1.165, 1.54) is 6.92 Å². The van der Waals surface area contributed by atoms with E-state index in [1.54, 1.807) is 98.0 Å². The number of amides is 1. The molecule has 0 saturated carbocycles. The molecule has 0 heterocycles. The van der Waals surface area contributed by atoms with Crippen molar-refractivity contribution in [2.75, 3.05) is 27.2 Å². The summed E-state index contributed by atoms with van der Waals surface area (Å²) in [4.78, 5) is 119. The molecule has 0 aliphatic carbocycles. The Bertz CT molecular complexity index is 2330. The van der Waals surface area contributed by atoms with Crippen LogP contribution in [0, 0.1) is 17.8 Å². The van der Waals surface area contributed by atoms with E-state index in [0.29, 0.717) is 42.5 Å². The normalized spacial score (nSPS) is 13.0. The first-order valence-corrected chi connectivity index (χ1v) is 23.3. The van der Waals surface area contributed by atoms with Crippen molar-refractivity contribution in [2.24, 2.45) is 23.5 Å². The van der Waals surface area contributed by atoms with Crippen LogP contribution in [0.5, 0.6) is 0 Å². The summed E-state index contributed by atoms with van der Waals surface area (Å²) in [5, 5.41) is 5.39. The van der Waals surface area contributed by atoms with Gasteiger partial charge in [0, 0.05) is 25.2 Å². The summed E-state index contributed by atoms with van der Waals surface area (Å²) < 4.78 is 21.3. The maximum atomic E-state index is 14.4. The second-order valence-corrected chi connectivity index (χ2v) is 17.0. The van der Waals surface area contributed by atoms with E-state index >= 15 is 0 Å². The molecule has 372 valence electrons. The van der Waals surface area contributed by atoms with E-state index in [0.717, 1.165) is 5.56 Å². The first-order valence-electron chi connectivity index (χ1n) is 23.3. The zero-order chi connectivity index (χ0) is 50.7. The van der Waals surface area contributed by atoms with Gasteiger partial charge in [0.2, 0.25) is 19.5 Å². The SMILES string of the molecule is CNC(Cc1ccccc1)C(=O)OCOC(=O)C(Cc1ccccc1)C(=O)[C@H](CCCCN)CC(=O)CC(=O)CC(Cc1ccccc1)C(=O)OCOC(=O)C(Cc1ccccc1)NC(=O)CC(C)=O. The molecule has 0 radical (unpaired) electrons. The quantitative estimate of drug-likeness (QED) is 0.0254. The van der Waals surface area contributed by atoms with Crippen molar-refractivity contribution in [1.82, 2.24) is 10.6 Å². The van der Waals surface area contributed by atoms with Gasteiger partial charge in [-0.25, -0.2) is 4.79 Å². The zero-order valence-corrected chi connectivity index (χ0v) is 39.7. The molecule has 4 aromatic rings. The van der Waals surface area contributed by atoms with E-state index in [9.17, 15) is 43.2 Å². The fraction of sp³-hybridized carbons (Fsp3) is 0.389. The van der Waals surface area contributed by atoms with Crippen molar-refractivity contribution >= 4 is 52.9 Å². The minimum atomic E-state index is -1.39. The largest absolute Gasteiger partial charge is 0.428 e. The summed E-state index contributed by atoms with van der Waals surface area (Å²) in [7, 11) is 1.60. The molecule has 0 spiro atoms. The monoisotopic (exact) mass is 961 g/mol. The van der Waals surface area contributed by atoms with Crippen molar-refractivity contribution in [3.8, 4) is 0 Å². The van der Waals surface area contributed by atoms with Crippen LogP contribution < -0.4 is 16.4 Å². The predicted molar refractivity (Wildman–Crippen MR) is 257 cm³/mol. The topological polar surface area (TPSA) is 241 Å². The number of likely N-dealkylation sites (N-methyl/N-ethyl adjacent to an activating group) is 1. The highest BCUT2D eigenvalue weighted by molar-refractivity contribution is 6.05. The molecule has 0 fully saturated rings. The van der Waals surface area contributed by atoms with E-state index in [4.69, 9.17) is 24.7 Å². The number of ketones is 4. The van der Waals surface area contributed by atoms with E-state index in [-0.39, 0.29) is 32.1 Å². The van der Waals surface area contributed by atoms with Crippen LogP contribution >= 0.6 is 0 Å². The molecule has 16 nitrogen and oxygen atoms in total. The molecule has 4 aromatic carbocycles. The maximum absolute atomic E-state index is 14.4. The first-order chi connectivity index (χ1) is 33.8. The summed E-state index contributed by atoms with van der Waals surface area (Å²) in [5.41, 5.74) is 8.66. The number of hydrogen-bond acceptors (Lipinski definition) is 15. The van der Waals surface area contributed by atoms with Crippen LogP contribution in [0.1, 0.15) is 74.1 Å². The van der Waals surface area contributed by atoms with Gasteiger partial charge in [-0.2, -0.15) is 0 Å². The Labute approximate surface area is 408 Å². The molecule has 1 amide bonds. The van der Waals surface area contributed by atoms with Crippen molar-refractivity contribution in [2.45, 2.75) is 89.6 Å². The number of benzene rings is 4. The summed E-state index contributed by atoms with van der Waals surface area (Å²) in [6, 6.07) is 33.6. The lowest BCUT2D eigenvalue weighted by Gasteiger charge is -2.22. The van der Waals surface area contributed by atoms with E-state index in [2.05, 4.69) is 10.6 Å². The Morgan fingerprint density at radius 3 is 1.41 bits per heavy atom. The maximum Gasteiger partial charge on any atom is 0.331 e. The van der Waals surface area contributed by atoms with Gasteiger partial charge in [-0.1, -0.05) is 128 Å². The fourth-order valence-corrected chi connectivity index (χ4v) is 7.74. The molecule has 0 bridgehead atoms. The van der Waals surface area contributed by atoms with Crippen molar-refractivity contribution in [3.05, 3.63) is 144 Å². The smallest absolute Gasteiger partial charge is 0.331 e. The number of carbonyl (C=O) groups is 9. The third-order valence-electron chi connectivity index (χ3n) is 11.4. The lowest BCUT2D eigenvalue weighted by Crippen LogP contribution is -2.44. The zero-order valence-electron chi connectivity index (χ0n) is 39.7. The minimum Gasteiger partial charge on any atom is -0.428 e. The predicted octanol–water partition coefficient (Wildman–Crippen LogP) is 4.95. The average molecular weight is 962 g/mol. The Balaban J connectivity index is 1.42. The van der Waals surface area contributed by atoms with Gasteiger partial charge in [0.25, 0.3) is 0 Å². The summed E-state index contributed by atoms with van der Waals surface area (Å²) in [5.74, 6) is -9.82. The summed E-state index contributed by atoms with van der Waals surface area (Å²) in [6.45, 7) is -0.0492. The van der Waals surface area contributed by atoms with Crippen LogP contribution in [0.15, 0.2) is 121 Å². The number of nitrogens with two attached hydrogens (primary N) is 1. The molecule has 4 unspecified atom stereocenters. The molecular formula is C54H63N3O13. The van der Waals surface area contributed by atoms with Gasteiger partial charge in [0.15, 0.2) is 5.78 Å². The van der Waals surface area contributed by atoms with Gasteiger partial charge in [0.05, 0.1) is 18.8 Å². The molecule has 16 heteroatoms. The Hall–Kier alpha value is -7.17. The molecule has 0 aliphatic heterocycles. The number of esters is 4. The molecular weight excluding hydrogens is 899 g/mol. The highest BCUT2D eigenvalue weighted by Crippen LogP contribution is 2.25. The van der Waals surface area contributed by atoms with Crippen LogP contribution in [0.4, 0.5) is 0 Å². The van der Waals surface area contributed by atoms with Crippen LogP contribution in [0.2, 0.25) is 0 Å². The third-order valence-corrected chi connectivity index (χ3v) is 11.4. The number of carbonyl (C=O) groups excluding carboxylic acids is 9. The molecule has 4 N–H and O–H groups in total. The Morgan fingerprint density at radius 2 is 0.929 bits per heavy atom. The number of ether oxygens (including phenoxy) is 4. The highest BCUT2D eigenvalue weighted by atomic mass is 16.7. The second kappa shape index (κ2) is 30.3. The first kappa shape index (κ1) is 55.4. The number of nitrogens with one attached hydrogen (secondary N) is 2. The lowest BCUT2D eigenvalue weighted by atomic mass is 9.82. The van der Waals surface area contributed by atoms with Crippen LogP contribution in [0.25, 0.3) is 0 Å². The third kappa shape index (κ3) is 20.2. The van der Waals surface area contributed by atoms with Crippen LogP contribution in [0.3, 0.4) is 0 Å². The number of Topliss-reactive ketones (excluding diaryl/α,β-unsaturated/α-hetero) is 4. The number of unbranched alkanes of at least 4 members (excludes halogenated alkanes) is 1. The van der Waals surface area contributed by atoms with E-state index < -0.39 is 116 Å². The Kier molecular flexibility index (Phi) is 24.0. The van der Waals surface area contributed by atoms with Crippen LogP contribution in [-0.2, 0) is 87.8 Å². The van der Waals surface area contributed by atoms with Crippen molar-refractivity contribution in [3.63, 3.8) is 0 Å². The van der Waals surface area contributed by atoms with Crippen molar-refractivity contribution in [1.29, 1.82) is 0 Å². The number of rotatable bonds is 32. The average Bonchev–Trinajstić information content (AvgIpc) is 3.34. The van der Waals surface area contributed by atoms with Gasteiger partial charge in [0.1, 0.15) is 35.4 Å².